The van der Waals surface area contributed by atoms with Crippen LogP contribution in [0, 0.1) is 0 Å². The quantitative estimate of drug-likeness (QED) is 0.672. The number of benzene rings is 1. The van der Waals surface area contributed by atoms with Gasteiger partial charge >= 0.3 is 0 Å². The number of ether oxygens (including phenoxy) is 3. The lowest BCUT2D eigenvalue weighted by atomic mass is 10.1. The van der Waals surface area contributed by atoms with Crippen molar-refractivity contribution in [2.75, 3.05) is 21.3 Å². The summed E-state index contributed by atoms with van der Waals surface area (Å²) in [4.78, 5) is 0. The molecule has 15 heavy (non-hydrogen) atoms. The molecular formula is C12H18O3. The summed E-state index contributed by atoms with van der Waals surface area (Å²) in [5.74, 6) is 0. The molecule has 0 saturated carbocycles. The minimum absolute atomic E-state index is 0.168. The number of hydrogen-bond acceptors (Lipinski definition) is 3. The Hall–Kier alpha value is -0.900. The summed E-state index contributed by atoms with van der Waals surface area (Å²) in [5, 5.41) is 0. The molecule has 0 aromatic heterocycles. The van der Waals surface area contributed by atoms with E-state index < -0.39 is 0 Å². The lowest BCUT2D eigenvalue weighted by Gasteiger charge is -2.13. The molecule has 0 N–H and O–H groups in total. The van der Waals surface area contributed by atoms with Crippen LogP contribution in [-0.4, -0.2) is 27.6 Å². The van der Waals surface area contributed by atoms with Crippen molar-refractivity contribution in [1.82, 2.24) is 0 Å². The molecule has 0 unspecified atom stereocenters. The zero-order valence-electron chi connectivity index (χ0n) is 9.53. The molecule has 0 aliphatic carbocycles. The van der Waals surface area contributed by atoms with E-state index in [2.05, 4.69) is 24.3 Å². The first-order valence-electron chi connectivity index (χ1n) is 4.92. The fourth-order valence-corrected chi connectivity index (χ4v) is 1.39. The van der Waals surface area contributed by atoms with E-state index in [9.17, 15) is 0 Å². The van der Waals surface area contributed by atoms with Crippen LogP contribution in [0.5, 0.6) is 0 Å². The Morgan fingerprint density at radius 2 is 1.47 bits per heavy atom. The minimum atomic E-state index is -0.168. The second-order valence-electron chi connectivity index (χ2n) is 3.35. The molecular weight excluding hydrogens is 192 g/mol. The third kappa shape index (κ3) is 4.00. The van der Waals surface area contributed by atoms with Crippen LogP contribution in [-0.2, 0) is 27.2 Å². The van der Waals surface area contributed by atoms with Gasteiger partial charge in [0.15, 0.2) is 6.29 Å². The van der Waals surface area contributed by atoms with Gasteiger partial charge in [-0.25, -0.2) is 0 Å². The van der Waals surface area contributed by atoms with Gasteiger partial charge in [-0.3, -0.25) is 0 Å². The van der Waals surface area contributed by atoms with Gasteiger partial charge in [0, 0.05) is 27.8 Å². The maximum atomic E-state index is 5.13. The molecule has 1 aromatic carbocycles. The van der Waals surface area contributed by atoms with Crippen molar-refractivity contribution in [3.05, 3.63) is 35.4 Å². The largest absolute Gasteiger partial charge is 0.380 e. The summed E-state index contributed by atoms with van der Waals surface area (Å²) in [7, 11) is 4.99. The molecule has 0 fully saturated rings. The van der Waals surface area contributed by atoms with Crippen molar-refractivity contribution in [1.29, 1.82) is 0 Å². The average molecular weight is 210 g/mol. The molecule has 0 spiro atoms. The van der Waals surface area contributed by atoms with Gasteiger partial charge in [-0.05, 0) is 11.1 Å². The third-order valence-electron chi connectivity index (χ3n) is 2.26. The molecule has 0 aliphatic heterocycles. The lowest BCUT2D eigenvalue weighted by molar-refractivity contribution is -0.100. The van der Waals surface area contributed by atoms with Crippen molar-refractivity contribution in [3.63, 3.8) is 0 Å². The summed E-state index contributed by atoms with van der Waals surface area (Å²) < 4.78 is 15.3. The highest BCUT2D eigenvalue weighted by Gasteiger charge is 2.05. The fraction of sp³-hybridized carbons (Fsp3) is 0.500. The first-order valence-corrected chi connectivity index (χ1v) is 4.92. The standard InChI is InChI=1S/C12H18O3/c1-13-9-11-6-4-10(5-7-11)8-12(14-2)15-3/h4-7,12H,8-9H2,1-3H3. The molecule has 0 heterocycles. The van der Waals surface area contributed by atoms with Crippen molar-refractivity contribution in [2.45, 2.75) is 19.3 Å². The molecule has 0 bridgehead atoms. The van der Waals surface area contributed by atoms with E-state index in [1.54, 1.807) is 21.3 Å². The van der Waals surface area contributed by atoms with Gasteiger partial charge in [-0.15, -0.1) is 0 Å². The predicted molar refractivity (Wildman–Crippen MR) is 58.7 cm³/mol. The van der Waals surface area contributed by atoms with Crippen molar-refractivity contribution >= 4 is 0 Å². The van der Waals surface area contributed by atoms with Crippen LogP contribution in [0.1, 0.15) is 11.1 Å². The predicted octanol–water partition coefficient (Wildman–Crippen LogP) is 1.99. The maximum absolute atomic E-state index is 5.13. The topological polar surface area (TPSA) is 27.7 Å². The molecule has 1 aromatic rings. The normalized spacial score (nSPS) is 10.9. The van der Waals surface area contributed by atoms with Crippen molar-refractivity contribution in [2.24, 2.45) is 0 Å². The second kappa shape index (κ2) is 6.56. The second-order valence-corrected chi connectivity index (χ2v) is 3.35. The Morgan fingerprint density at radius 3 is 1.93 bits per heavy atom. The highest BCUT2D eigenvalue weighted by molar-refractivity contribution is 5.22. The molecule has 0 radical (unpaired) electrons. The number of hydrogen-bond donors (Lipinski definition) is 0. The first-order chi connectivity index (χ1) is 7.30. The van der Waals surface area contributed by atoms with E-state index in [1.807, 2.05) is 0 Å². The molecule has 3 nitrogen and oxygen atoms in total. The Labute approximate surface area is 91.0 Å². The van der Waals surface area contributed by atoms with Crippen LogP contribution in [0.3, 0.4) is 0 Å². The smallest absolute Gasteiger partial charge is 0.160 e. The average Bonchev–Trinajstić information content (AvgIpc) is 2.28. The Kier molecular flexibility index (Phi) is 5.32. The van der Waals surface area contributed by atoms with Crippen LogP contribution in [0.2, 0.25) is 0 Å². The molecule has 84 valence electrons. The third-order valence-corrected chi connectivity index (χ3v) is 2.26. The number of methoxy groups -OCH3 is 3. The van der Waals surface area contributed by atoms with Crippen LogP contribution in [0.15, 0.2) is 24.3 Å². The number of rotatable bonds is 6. The Balaban J connectivity index is 2.55. The minimum Gasteiger partial charge on any atom is -0.380 e. The molecule has 1 rings (SSSR count). The molecule has 0 atom stereocenters. The monoisotopic (exact) mass is 210 g/mol. The van der Waals surface area contributed by atoms with Crippen molar-refractivity contribution in [3.8, 4) is 0 Å². The van der Waals surface area contributed by atoms with Crippen LogP contribution in [0.25, 0.3) is 0 Å². The SMILES string of the molecule is COCc1ccc(CC(OC)OC)cc1. The van der Waals surface area contributed by atoms with E-state index in [0.717, 1.165) is 6.42 Å². The molecule has 0 aliphatic rings. The fourth-order valence-electron chi connectivity index (χ4n) is 1.39. The summed E-state index contributed by atoms with van der Waals surface area (Å²) in [6, 6.07) is 8.25. The zero-order chi connectivity index (χ0) is 11.1. The van der Waals surface area contributed by atoms with Gasteiger partial charge in [0.25, 0.3) is 0 Å². The summed E-state index contributed by atoms with van der Waals surface area (Å²) in [6.45, 7) is 0.651. The van der Waals surface area contributed by atoms with E-state index >= 15 is 0 Å². The van der Waals surface area contributed by atoms with Gasteiger partial charge in [0.05, 0.1) is 6.61 Å². The molecule has 0 saturated heterocycles. The summed E-state index contributed by atoms with van der Waals surface area (Å²) in [6.07, 6.45) is 0.596. The molecule has 3 heteroatoms. The summed E-state index contributed by atoms with van der Waals surface area (Å²) >= 11 is 0. The van der Waals surface area contributed by atoms with Crippen LogP contribution < -0.4 is 0 Å². The van der Waals surface area contributed by atoms with Gasteiger partial charge in [-0.1, -0.05) is 24.3 Å². The van der Waals surface area contributed by atoms with E-state index in [-0.39, 0.29) is 6.29 Å². The van der Waals surface area contributed by atoms with Gasteiger partial charge in [0.1, 0.15) is 0 Å². The van der Waals surface area contributed by atoms with E-state index in [0.29, 0.717) is 6.61 Å². The van der Waals surface area contributed by atoms with E-state index in [4.69, 9.17) is 14.2 Å². The molecule has 0 amide bonds. The van der Waals surface area contributed by atoms with Crippen LogP contribution in [0.4, 0.5) is 0 Å². The van der Waals surface area contributed by atoms with Gasteiger partial charge in [-0.2, -0.15) is 0 Å². The van der Waals surface area contributed by atoms with Gasteiger partial charge in [0.2, 0.25) is 0 Å². The Bertz CT molecular complexity index is 265. The first kappa shape index (κ1) is 12.2. The van der Waals surface area contributed by atoms with E-state index in [1.165, 1.54) is 11.1 Å². The lowest BCUT2D eigenvalue weighted by Crippen LogP contribution is -2.15. The van der Waals surface area contributed by atoms with Crippen molar-refractivity contribution < 1.29 is 14.2 Å². The van der Waals surface area contributed by atoms with Crippen LogP contribution >= 0.6 is 0 Å². The zero-order valence-corrected chi connectivity index (χ0v) is 9.53. The summed E-state index contributed by atoms with van der Waals surface area (Å²) in [5.41, 5.74) is 2.37. The Morgan fingerprint density at radius 1 is 0.933 bits per heavy atom. The maximum Gasteiger partial charge on any atom is 0.160 e. The highest BCUT2D eigenvalue weighted by atomic mass is 16.7. The highest BCUT2D eigenvalue weighted by Crippen LogP contribution is 2.09. The van der Waals surface area contributed by atoms with Gasteiger partial charge < -0.3 is 14.2 Å².